The molecule has 2 aromatic rings. The molecule has 0 unspecified atom stereocenters. The van der Waals surface area contributed by atoms with E-state index in [1.807, 2.05) is 0 Å². The number of aromatic amines is 1. The Morgan fingerprint density at radius 1 is 1.22 bits per heavy atom. The molecule has 0 aliphatic heterocycles. The lowest BCUT2D eigenvalue weighted by Gasteiger charge is -2.19. The van der Waals surface area contributed by atoms with Gasteiger partial charge in [0.2, 0.25) is 0 Å². The van der Waals surface area contributed by atoms with Crippen LogP contribution >= 0.6 is 0 Å². The number of anilines is 1. The van der Waals surface area contributed by atoms with Crippen molar-refractivity contribution in [1.82, 2.24) is 9.66 Å². The summed E-state index contributed by atoms with van der Waals surface area (Å²) in [6.45, 7) is 0. The van der Waals surface area contributed by atoms with Crippen LogP contribution in [0.25, 0.3) is 0 Å². The Labute approximate surface area is 102 Å². The Bertz CT molecular complexity index is 644. The summed E-state index contributed by atoms with van der Waals surface area (Å²) in [6.07, 6.45) is 1.30. The molecule has 0 aliphatic rings. The van der Waals surface area contributed by atoms with Crippen LogP contribution in [-0.2, 0) is 0 Å². The maximum absolute atomic E-state index is 11.5. The number of hydrogen-bond donors (Lipinski definition) is 2. The quantitative estimate of drug-likeness (QED) is 0.574. The summed E-state index contributed by atoms with van der Waals surface area (Å²) >= 11 is 0. The average molecular weight is 248 g/mol. The van der Waals surface area contributed by atoms with E-state index in [2.05, 4.69) is 4.98 Å². The van der Waals surface area contributed by atoms with E-state index in [4.69, 9.17) is 10.6 Å². The largest absolute Gasteiger partial charge is 0.497 e. The van der Waals surface area contributed by atoms with Crippen molar-refractivity contribution in [2.45, 2.75) is 0 Å². The maximum atomic E-state index is 11.5. The van der Waals surface area contributed by atoms with Gasteiger partial charge in [0.25, 0.3) is 5.56 Å². The van der Waals surface area contributed by atoms with Gasteiger partial charge < -0.3 is 4.74 Å². The molecular weight excluding hydrogens is 236 g/mol. The number of aromatic nitrogens is 2. The Balaban J connectivity index is 2.37. The normalized spacial score (nSPS) is 10.1. The first-order chi connectivity index (χ1) is 8.61. The number of rotatable bonds is 3. The lowest BCUT2D eigenvalue weighted by atomic mass is 10.3. The second-order valence-electron chi connectivity index (χ2n) is 3.50. The van der Waals surface area contributed by atoms with Crippen LogP contribution in [0.4, 0.5) is 5.69 Å². The Hall–Kier alpha value is -2.54. The molecule has 0 radical (unpaired) electrons. The van der Waals surface area contributed by atoms with Crippen LogP contribution in [0, 0.1) is 0 Å². The van der Waals surface area contributed by atoms with Gasteiger partial charge >= 0.3 is 5.69 Å². The molecule has 1 aromatic heterocycles. The highest BCUT2D eigenvalue weighted by Crippen LogP contribution is 2.16. The van der Waals surface area contributed by atoms with Gasteiger partial charge in [0.15, 0.2) is 0 Å². The summed E-state index contributed by atoms with van der Waals surface area (Å²) in [5, 5.41) is 1.12. The first kappa shape index (κ1) is 11.9. The van der Waals surface area contributed by atoms with E-state index in [9.17, 15) is 9.59 Å². The summed E-state index contributed by atoms with van der Waals surface area (Å²) in [6, 6.07) is 8.02. The number of nitrogens with zero attached hydrogens (tertiary/aromatic N) is 2. The highest BCUT2D eigenvalue weighted by molar-refractivity contribution is 5.47. The molecule has 94 valence electrons. The fourth-order valence-corrected chi connectivity index (χ4v) is 1.44. The van der Waals surface area contributed by atoms with Crippen molar-refractivity contribution in [3.8, 4) is 5.75 Å². The van der Waals surface area contributed by atoms with Crippen LogP contribution < -0.4 is 26.9 Å². The monoisotopic (exact) mass is 248 g/mol. The molecule has 1 heterocycles. The van der Waals surface area contributed by atoms with Crippen LogP contribution in [0.1, 0.15) is 0 Å². The molecule has 1 aromatic carbocycles. The predicted molar refractivity (Wildman–Crippen MR) is 66.4 cm³/mol. The first-order valence-electron chi connectivity index (χ1n) is 5.13. The summed E-state index contributed by atoms with van der Waals surface area (Å²) in [5.74, 6) is 6.47. The number of ether oxygens (including phenoxy) is 1. The SMILES string of the molecule is COc1ccc(N(N)n2ccc(=O)[nH]c2=O)cc1. The highest BCUT2D eigenvalue weighted by atomic mass is 16.5. The zero-order valence-corrected chi connectivity index (χ0v) is 9.66. The van der Waals surface area contributed by atoms with Gasteiger partial charge in [-0.3, -0.25) is 9.78 Å². The van der Waals surface area contributed by atoms with Crippen molar-refractivity contribution in [2.75, 3.05) is 12.2 Å². The lowest BCUT2D eigenvalue weighted by Crippen LogP contribution is -2.45. The average Bonchev–Trinajstić information content (AvgIpc) is 2.38. The molecular formula is C11H12N4O3. The van der Waals surface area contributed by atoms with E-state index in [-0.39, 0.29) is 0 Å². The number of benzene rings is 1. The number of nitrogens with one attached hydrogen (secondary N) is 1. The van der Waals surface area contributed by atoms with Gasteiger partial charge in [-0.15, -0.1) is 0 Å². The number of methoxy groups -OCH3 is 1. The predicted octanol–water partition coefficient (Wildman–Crippen LogP) is -0.311. The molecule has 0 spiro atoms. The molecule has 0 aliphatic carbocycles. The van der Waals surface area contributed by atoms with Gasteiger partial charge in [-0.2, -0.15) is 4.68 Å². The molecule has 0 saturated carbocycles. The minimum atomic E-state index is -0.610. The van der Waals surface area contributed by atoms with Gasteiger partial charge in [-0.1, -0.05) is 0 Å². The molecule has 0 saturated heterocycles. The summed E-state index contributed by atoms with van der Waals surface area (Å²) in [4.78, 5) is 24.6. The van der Waals surface area contributed by atoms with Crippen molar-refractivity contribution < 1.29 is 4.74 Å². The lowest BCUT2D eigenvalue weighted by molar-refractivity contribution is 0.414. The zero-order chi connectivity index (χ0) is 13.1. The fraction of sp³-hybridized carbons (Fsp3) is 0.0909. The molecule has 0 bridgehead atoms. The number of nitrogens with two attached hydrogens (primary N) is 1. The van der Waals surface area contributed by atoms with E-state index in [1.165, 1.54) is 12.3 Å². The van der Waals surface area contributed by atoms with E-state index >= 15 is 0 Å². The number of H-pyrrole nitrogens is 1. The third-order valence-corrected chi connectivity index (χ3v) is 2.37. The Morgan fingerprint density at radius 3 is 2.44 bits per heavy atom. The van der Waals surface area contributed by atoms with E-state index < -0.39 is 11.2 Å². The van der Waals surface area contributed by atoms with Crippen molar-refractivity contribution in [2.24, 2.45) is 5.84 Å². The first-order valence-corrected chi connectivity index (χ1v) is 5.13. The highest BCUT2D eigenvalue weighted by Gasteiger charge is 2.06. The van der Waals surface area contributed by atoms with E-state index in [1.54, 1.807) is 31.4 Å². The van der Waals surface area contributed by atoms with Gasteiger partial charge in [0.05, 0.1) is 12.8 Å². The van der Waals surface area contributed by atoms with Crippen molar-refractivity contribution in [1.29, 1.82) is 0 Å². The third-order valence-electron chi connectivity index (χ3n) is 2.37. The van der Waals surface area contributed by atoms with Gasteiger partial charge in [-0.05, 0) is 24.3 Å². The Morgan fingerprint density at radius 2 is 1.89 bits per heavy atom. The van der Waals surface area contributed by atoms with Crippen molar-refractivity contribution >= 4 is 5.69 Å². The maximum Gasteiger partial charge on any atom is 0.348 e. The van der Waals surface area contributed by atoms with Crippen LogP contribution in [0.5, 0.6) is 5.75 Å². The molecule has 0 amide bonds. The molecule has 7 heteroatoms. The standard InChI is InChI=1S/C11H12N4O3/c1-18-9-4-2-8(3-5-9)15(12)14-7-6-10(16)13-11(14)17/h2-7H,12H2,1H3,(H,13,16,17). The molecule has 2 rings (SSSR count). The van der Waals surface area contributed by atoms with Crippen LogP contribution in [0.15, 0.2) is 46.1 Å². The van der Waals surface area contributed by atoms with Crippen molar-refractivity contribution in [3.63, 3.8) is 0 Å². The van der Waals surface area contributed by atoms with E-state index in [0.29, 0.717) is 11.4 Å². The second kappa shape index (κ2) is 4.76. The summed E-state index contributed by atoms with van der Waals surface area (Å²) < 4.78 is 6.11. The van der Waals surface area contributed by atoms with Crippen LogP contribution in [-0.4, -0.2) is 16.8 Å². The summed E-state index contributed by atoms with van der Waals surface area (Å²) in [5.41, 5.74) is -0.509. The minimum absolute atomic E-state index is 0.473. The van der Waals surface area contributed by atoms with Crippen molar-refractivity contribution in [3.05, 3.63) is 57.4 Å². The molecule has 3 N–H and O–H groups in total. The topological polar surface area (TPSA) is 93.3 Å². The zero-order valence-electron chi connectivity index (χ0n) is 9.66. The van der Waals surface area contributed by atoms with Crippen LogP contribution in [0.3, 0.4) is 0 Å². The van der Waals surface area contributed by atoms with Crippen LogP contribution in [0.2, 0.25) is 0 Å². The molecule has 18 heavy (non-hydrogen) atoms. The van der Waals surface area contributed by atoms with Gasteiger partial charge in [0.1, 0.15) is 5.75 Å². The van der Waals surface area contributed by atoms with E-state index in [0.717, 1.165) is 9.79 Å². The molecule has 0 atom stereocenters. The fourth-order valence-electron chi connectivity index (χ4n) is 1.44. The number of hydrogen-bond acceptors (Lipinski definition) is 5. The Kier molecular flexibility index (Phi) is 3.16. The minimum Gasteiger partial charge on any atom is -0.497 e. The smallest absolute Gasteiger partial charge is 0.348 e. The van der Waals surface area contributed by atoms with Gasteiger partial charge in [0, 0.05) is 12.3 Å². The number of hydrazine groups is 1. The molecule has 0 fully saturated rings. The third kappa shape index (κ3) is 2.25. The molecule has 7 nitrogen and oxygen atoms in total. The second-order valence-corrected chi connectivity index (χ2v) is 3.50. The summed E-state index contributed by atoms with van der Waals surface area (Å²) in [7, 11) is 1.56. The van der Waals surface area contributed by atoms with Gasteiger partial charge in [-0.25, -0.2) is 15.8 Å².